The van der Waals surface area contributed by atoms with Gasteiger partial charge in [0, 0.05) is 15.5 Å². The Hall–Kier alpha value is -0.580. The molecule has 0 spiro atoms. The van der Waals surface area contributed by atoms with Gasteiger partial charge in [0.25, 0.3) is 0 Å². The Bertz CT molecular complexity index is 485. The summed E-state index contributed by atoms with van der Waals surface area (Å²) in [6, 6.07) is 6.52. The predicted molar refractivity (Wildman–Crippen MR) is 69.8 cm³/mol. The zero-order chi connectivity index (χ0) is 10.3. The number of fused-ring (bicyclic) bond motifs is 1. The van der Waals surface area contributed by atoms with Crippen molar-refractivity contribution >= 4 is 33.5 Å². The molecule has 1 saturated carbocycles. The second kappa shape index (κ2) is 3.77. The van der Waals surface area contributed by atoms with Crippen molar-refractivity contribution in [3.8, 4) is 0 Å². The molecule has 1 fully saturated rings. The van der Waals surface area contributed by atoms with E-state index in [9.17, 15) is 0 Å². The summed E-state index contributed by atoms with van der Waals surface area (Å²) < 4.78 is 3.46. The summed E-state index contributed by atoms with van der Waals surface area (Å²) >= 11 is 2.36. The first kappa shape index (κ1) is 9.63. The number of hydrogen-bond donors (Lipinski definition) is 0. The molecule has 0 radical (unpaired) electrons. The summed E-state index contributed by atoms with van der Waals surface area (Å²) in [5, 5.41) is 5.73. The van der Waals surface area contributed by atoms with E-state index in [1.165, 1.54) is 33.7 Å². The first-order chi connectivity index (χ1) is 7.33. The molecule has 2 nitrogen and oxygen atoms in total. The van der Waals surface area contributed by atoms with Crippen molar-refractivity contribution in [2.75, 3.05) is 0 Å². The van der Waals surface area contributed by atoms with Crippen molar-refractivity contribution in [2.45, 2.75) is 25.8 Å². The zero-order valence-electron chi connectivity index (χ0n) is 8.49. The summed E-state index contributed by atoms with van der Waals surface area (Å²) in [5.41, 5.74) is 1.29. The fraction of sp³-hybridized carbons (Fsp3) is 0.417. The van der Waals surface area contributed by atoms with Gasteiger partial charge in [-0.1, -0.05) is 12.5 Å². The second-order valence-electron chi connectivity index (χ2n) is 4.33. The minimum Gasteiger partial charge on any atom is -0.265 e. The maximum Gasteiger partial charge on any atom is 0.0693 e. The van der Waals surface area contributed by atoms with Crippen LogP contribution in [0.2, 0.25) is 0 Å². The highest BCUT2D eigenvalue weighted by atomic mass is 127. The maximum atomic E-state index is 4.47. The second-order valence-corrected chi connectivity index (χ2v) is 5.57. The van der Waals surface area contributed by atoms with Crippen LogP contribution in [-0.4, -0.2) is 9.78 Å². The first-order valence-electron chi connectivity index (χ1n) is 5.44. The van der Waals surface area contributed by atoms with Gasteiger partial charge in [-0.2, -0.15) is 5.10 Å². The van der Waals surface area contributed by atoms with Crippen LogP contribution in [0.1, 0.15) is 19.3 Å². The smallest absolute Gasteiger partial charge is 0.0693 e. The van der Waals surface area contributed by atoms with Crippen molar-refractivity contribution in [1.29, 1.82) is 0 Å². The third kappa shape index (κ3) is 1.77. The third-order valence-electron chi connectivity index (χ3n) is 3.26. The molecular weight excluding hydrogens is 299 g/mol. The van der Waals surface area contributed by atoms with E-state index in [4.69, 9.17) is 0 Å². The lowest BCUT2D eigenvalue weighted by Crippen LogP contribution is -2.18. The molecule has 0 amide bonds. The summed E-state index contributed by atoms with van der Waals surface area (Å²) in [5.74, 6) is 0.867. The molecule has 0 bridgehead atoms. The molecule has 1 heterocycles. The number of hydrogen-bond acceptors (Lipinski definition) is 1. The molecule has 78 valence electrons. The molecular formula is C12H13IN2. The van der Waals surface area contributed by atoms with E-state index in [0.717, 1.165) is 12.5 Å². The van der Waals surface area contributed by atoms with Gasteiger partial charge in [-0.3, -0.25) is 4.68 Å². The van der Waals surface area contributed by atoms with E-state index < -0.39 is 0 Å². The van der Waals surface area contributed by atoms with Crippen LogP contribution in [0.3, 0.4) is 0 Å². The van der Waals surface area contributed by atoms with Crippen molar-refractivity contribution in [3.63, 3.8) is 0 Å². The fourth-order valence-corrected chi connectivity index (χ4v) is 2.58. The molecule has 0 saturated heterocycles. The van der Waals surface area contributed by atoms with Gasteiger partial charge in [0.05, 0.1) is 11.7 Å². The summed E-state index contributed by atoms with van der Waals surface area (Å²) in [7, 11) is 0. The van der Waals surface area contributed by atoms with Crippen LogP contribution in [0.4, 0.5) is 0 Å². The normalized spacial score (nSPS) is 16.9. The van der Waals surface area contributed by atoms with Gasteiger partial charge in [-0.25, -0.2) is 0 Å². The first-order valence-corrected chi connectivity index (χ1v) is 6.52. The van der Waals surface area contributed by atoms with Crippen LogP contribution in [0.25, 0.3) is 10.9 Å². The summed E-state index contributed by atoms with van der Waals surface area (Å²) in [6.45, 7) is 1.10. The highest BCUT2D eigenvalue weighted by Gasteiger charge is 2.18. The average molecular weight is 312 g/mol. The van der Waals surface area contributed by atoms with E-state index in [0.29, 0.717) is 0 Å². The molecule has 0 N–H and O–H groups in total. The molecule has 1 aliphatic carbocycles. The zero-order valence-corrected chi connectivity index (χ0v) is 10.6. The van der Waals surface area contributed by atoms with E-state index in [-0.39, 0.29) is 0 Å². The predicted octanol–water partition coefficient (Wildman–Crippen LogP) is 3.44. The molecule has 1 aromatic heterocycles. The Morgan fingerprint density at radius 2 is 2.27 bits per heavy atom. The van der Waals surface area contributed by atoms with Crippen molar-refractivity contribution in [2.24, 2.45) is 5.92 Å². The monoisotopic (exact) mass is 312 g/mol. The maximum absolute atomic E-state index is 4.47. The lowest BCUT2D eigenvalue weighted by Gasteiger charge is -2.25. The minimum absolute atomic E-state index is 0.867. The topological polar surface area (TPSA) is 17.8 Å². The molecule has 0 unspecified atom stereocenters. The van der Waals surface area contributed by atoms with Crippen LogP contribution >= 0.6 is 22.6 Å². The Kier molecular flexibility index (Phi) is 2.42. The molecule has 1 aliphatic rings. The number of nitrogens with zero attached hydrogens (tertiary/aromatic N) is 2. The number of aromatic nitrogens is 2. The third-order valence-corrected chi connectivity index (χ3v) is 3.93. The van der Waals surface area contributed by atoms with Crippen molar-refractivity contribution < 1.29 is 0 Å². The largest absolute Gasteiger partial charge is 0.265 e. The Balaban J connectivity index is 1.98. The van der Waals surface area contributed by atoms with Gasteiger partial charge >= 0.3 is 0 Å². The summed E-state index contributed by atoms with van der Waals surface area (Å²) in [6.07, 6.45) is 6.14. The highest BCUT2D eigenvalue weighted by Crippen LogP contribution is 2.29. The van der Waals surface area contributed by atoms with Gasteiger partial charge in [-0.05, 0) is 53.5 Å². The van der Waals surface area contributed by atoms with Crippen LogP contribution in [-0.2, 0) is 6.54 Å². The lowest BCUT2D eigenvalue weighted by molar-refractivity contribution is 0.270. The Morgan fingerprint density at radius 3 is 3.00 bits per heavy atom. The van der Waals surface area contributed by atoms with Crippen LogP contribution in [0.5, 0.6) is 0 Å². The van der Waals surface area contributed by atoms with Gasteiger partial charge in [0.1, 0.15) is 0 Å². The number of rotatable bonds is 2. The van der Waals surface area contributed by atoms with Gasteiger partial charge in [-0.15, -0.1) is 0 Å². The number of benzene rings is 1. The lowest BCUT2D eigenvalue weighted by atomic mass is 9.85. The standard InChI is InChI=1S/C12H13IN2/c13-11-5-4-10-7-14-15(12(10)6-11)8-9-2-1-3-9/h4-7,9H,1-3,8H2. The number of halogens is 1. The SMILES string of the molecule is Ic1ccc2cnn(CC3CCC3)c2c1. The molecule has 1 aromatic carbocycles. The fourth-order valence-electron chi connectivity index (χ4n) is 2.11. The van der Waals surface area contributed by atoms with Gasteiger partial charge in [0.2, 0.25) is 0 Å². The molecule has 2 aromatic rings. The highest BCUT2D eigenvalue weighted by molar-refractivity contribution is 14.1. The van der Waals surface area contributed by atoms with E-state index in [1.54, 1.807) is 0 Å². The van der Waals surface area contributed by atoms with Crippen molar-refractivity contribution in [1.82, 2.24) is 9.78 Å². The van der Waals surface area contributed by atoms with E-state index >= 15 is 0 Å². The van der Waals surface area contributed by atoms with Crippen LogP contribution < -0.4 is 0 Å². The molecule has 3 rings (SSSR count). The summed E-state index contributed by atoms with van der Waals surface area (Å²) in [4.78, 5) is 0. The Labute approximate surface area is 103 Å². The van der Waals surface area contributed by atoms with E-state index in [2.05, 4.69) is 50.6 Å². The molecule has 3 heteroatoms. The molecule has 0 atom stereocenters. The van der Waals surface area contributed by atoms with Crippen LogP contribution in [0.15, 0.2) is 24.4 Å². The molecule has 15 heavy (non-hydrogen) atoms. The minimum atomic E-state index is 0.867. The van der Waals surface area contributed by atoms with Crippen molar-refractivity contribution in [3.05, 3.63) is 28.0 Å². The average Bonchev–Trinajstić information content (AvgIpc) is 2.54. The van der Waals surface area contributed by atoms with Crippen LogP contribution in [0, 0.1) is 9.49 Å². The van der Waals surface area contributed by atoms with Gasteiger partial charge < -0.3 is 0 Å². The molecule has 0 aliphatic heterocycles. The van der Waals surface area contributed by atoms with E-state index in [1.807, 2.05) is 6.20 Å². The quantitative estimate of drug-likeness (QED) is 0.777. The van der Waals surface area contributed by atoms with Gasteiger partial charge in [0.15, 0.2) is 0 Å². The Morgan fingerprint density at radius 1 is 1.40 bits per heavy atom.